The van der Waals surface area contributed by atoms with Gasteiger partial charge in [0, 0.05) is 6.92 Å². The van der Waals surface area contributed by atoms with Crippen LogP contribution >= 0.6 is 0 Å². The Bertz CT molecular complexity index is 643. The van der Waals surface area contributed by atoms with E-state index in [1.54, 1.807) is 0 Å². The van der Waals surface area contributed by atoms with Gasteiger partial charge < -0.3 is 4.74 Å². The zero-order valence-electron chi connectivity index (χ0n) is 14.8. The van der Waals surface area contributed by atoms with Gasteiger partial charge in [-0.1, -0.05) is 51.1 Å². The number of benzene rings is 1. The first-order valence-electron chi connectivity index (χ1n) is 8.82. The van der Waals surface area contributed by atoms with Gasteiger partial charge in [0.25, 0.3) is 0 Å². The number of carbonyl (C=O) groups excluding carboxylic acids is 1. The lowest BCUT2D eigenvalue weighted by Gasteiger charge is -2.49. The molecular weight excluding hydrogens is 284 g/mol. The van der Waals surface area contributed by atoms with E-state index in [0.29, 0.717) is 11.8 Å². The molecule has 1 aromatic carbocycles. The van der Waals surface area contributed by atoms with Gasteiger partial charge in [-0.25, -0.2) is 0 Å². The van der Waals surface area contributed by atoms with Crippen LogP contribution in [-0.4, -0.2) is 5.97 Å². The number of hydrogen-bond acceptors (Lipinski definition) is 2. The second-order valence-corrected chi connectivity index (χ2v) is 7.82. The van der Waals surface area contributed by atoms with Gasteiger partial charge in [0.05, 0.1) is 0 Å². The molecule has 0 N–H and O–H groups in total. The molecule has 0 aromatic heterocycles. The Morgan fingerprint density at radius 2 is 2.13 bits per heavy atom. The summed E-state index contributed by atoms with van der Waals surface area (Å²) in [4.78, 5) is 11.6. The molecule has 0 spiro atoms. The number of fused-ring (bicyclic) bond motifs is 3. The smallest absolute Gasteiger partial charge is 0.303 e. The first-order valence-corrected chi connectivity index (χ1v) is 8.82. The van der Waals surface area contributed by atoms with Gasteiger partial charge in [-0.3, -0.25) is 4.79 Å². The summed E-state index contributed by atoms with van der Waals surface area (Å²) < 4.78 is 5.71. The topological polar surface area (TPSA) is 26.3 Å². The van der Waals surface area contributed by atoms with E-state index in [1.807, 2.05) is 0 Å². The average molecular weight is 312 g/mol. The van der Waals surface area contributed by atoms with E-state index < -0.39 is 0 Å². The van der Waals surface area contributed by atoms with Crippen molar-refractivity contribution in [2.45, 2.75) is 70.8 Å². The van der Waals surface area contributed by atoms with E-state index in [-0.39, 0.29) is 17.5 Å². The fourth-order valence-corrected chi connectivity index (χ4v) is 4.61. The monoisotopic (exact) mass is 312 g/mol. The predicted octanol–water partition coefficient (Wildman–Crippen LogP) is 5.43. The van der Waals surface area contributed by atoms with E-state index in [1.165, 1.54) is 42.0 Å². The Kier molecular flexibility index (Phi) is 4.12. The standard InChI is InChI=1S/C21H28O2/c1-13(2)16-8-9-18-17(11-16)20(23-15(4)22)12-19-14(3)7-6-10-21(18,19)5/h8-9,11,13,19-20H,3,6-7,10,12H2,1-2,4-5H3/t19?,20-,21-/m1/s1. The van der Waals surface area contributed by atoms with Crippen LogP contribution in [0.25, 0.3) is 0 Å². The SMILES string of the molecule is C=C1CCC[C@]2(C)c3ccc(C(C)C)cc3[C@H](OC(C)=O)CC12. The molecule has 1 fully saturated rings. The lowest BCUT2D eigenvalue weighted by molar-refractivity contribution is -0.148. The highest BCUT2D eigenvalue weighted by Crippen LogP contribution is 2.55. The number of esters is 1. The zero-order valence-corrected chi connectivity index (χ0v) is 14.8. The molecule has 2 aliphatic rings. The second-order valence-electron chi connectivity index (χ2n) is 7.82. The van der Waals surface area contributed by atoms with Crippen LogP contribution in [0.4, 0.5) is 0 Å². The number of carbonyl (C=O) groups is 1. The maximum absolute atomic E-state index is 11.6. The molecule has 0 heterocycles. The average Bonchev–Trinajstić information content (AvgIpc) is 2.48. The summed E-state index contributed by atoms with van der Waals surface area (Å²) in [6, 6.07) is 6.80. The Balaban J connectivity index is 2.13. The van der Waals surface area contributed by atoms with E-state index in [4.69, 9.17) is 4.74 Å². The summed E-state index contributed by atoms with van der Waals surface area (Å²) in [5.41, 5.74) is 5.37. The van der Waals surface area contributed by atoms with Crippen LogP contribution in [0.15, 0.2) is 30.4 Å². The molecule has 0 amide bonds. The van der Waals surface area contributed by atoms with Gasteiger partial charge >= 0.3 is 5.97 Å². The molecule has 1 aromatic rings. The van der Waals surface area contributed by atoms with Crippen LogP contribution in [0, 0.1) is 5.92 Å². The van der Waals surface area contributed by atoms with Crippen LogP contribution < -0.4 is 0 Å². The highest BCUT2D eigenvalue weighted by molar-refractivity contribution is 5.66. The molecule has 3 rings (SSSR count). The highest BCUT2D eigenvalue weighted by atomic mass is 16.5. The van der Waals surface area contributed by atoms with Crippen molar-refractivity contribution in [3.63, 3.8) is 0 Å². The molecule has 2 aliphatic carbocycles. The third-order valence-corrected chi connectivity index (χ3v) is 5.92. The summed E-state index contributed by atoms with van der Waals surface area (Å²) >= 11 is 0. The molecule has 0 bridgehead atoms. The summed E-state index contributed by atoms with van der Waals surface area (Å²) in [6.45, 7) is 12.6. The molecule has 23 heavy (non-hydrogen) atoms. The summed E-state index contributed by atoms with van der Waals surface area (Å²) in [7, 11) is 0. The normalized spacial score (nSPS) is 29.9. The van der Waals surface area contributed by atoms with E-state index in [9.17, 15) is 4.79 Å². The predicted molar refractivity (Wildman–Crippen MR) is 93.5 cm³/mol. The number of hydrogen-bond donors (Lipinski definition) is 0. The summed E-state index contributed by atoms with van der Waals surface area (Å²) in [6.07, 6.45) is 4.25. The molecule has 0 saturated heterocycles. The van der Waals surface area contributed by atoms with Crippen molar-refractivity contribution in [2.24, 2.45) is 5.92 Å². The molecular formula is C21H28O2. The molecule has 2 nitrogen and oxygen atoms in total. The molecule has 1 saturated carbocycles. The first kappa shape index (κ1) is 16.3. The fraction of sp³-hybridized carbons (Fsp3) is 0.571. The van der Waals surface area contributed by atoms with Crippen LogP contribution in [0.1, 0.15) is 82.1 Å². The lowest BCUT2D eigenvalue weighted by Crippen LogP contribution is -2.42. The maximum Gasteiger partial charge on any atom is 0.303 e. The van der Waals surface area contributed by atoms with Gasteiger partial charge in [-0.2, -0.15) is 0 Å². The Hall–Kier alpha value is -1.57. The fourth-order valence-electron chi connectivity index (χ4n) is 4.61. The van der Waals surface area contributed by atoms with E-state index in [0.717, 1.165) is 12.8 Å². The highest BCUT2D eigenvalue weighted by Gasteiger charge is 2.47. The van der Waals surface area contributed by atoms with Gasteiger partial charge in [0.15, 0.2) is 0 Å². The first-order chi connectivity index (χ1) is 10.8. The zero-order chi connectivity index (χ0) is 16.8. The van der Waals surface area contributed by atoms with Crippen molar-refractivity contribution in [1.82, 2.24) is 0 Å². The third-order valence-electron chi connectivity index (χ3n) is 5.92. The van der Waals surface area contributed by atoms with Crippen LogP contribution in [0.3, 0.4) is 0 Å². The number of rotatable bonds is 2. The minimum atomic E-state index is -0.194. The summed E-state index contributed by atoms with van der Waals surface area (Å²) in [5, 5.41) is 0. The van der Waals surface area contributed by atoms with Gasteiger partial charge in [0.1, 0.15) is 6.10 Å². The minimum Gasteiger partial charge on any atom is -0.458 e. The van der Waals surface area contributed by atoms with Crippen molar-refractivity contribution in [3.8, 4) is 0 Å². The second kappa shape index (κ2) is 5.81. The number of ether oxygens (including phenoxy) is 1. The van der Waals surface area contributed by atoms with Gasteiger partial charge in [-0.15, -0.1) is 0 Å². The summed E-state index contributed by atoms with van der Waals surface area (Å²) in [5.74, 6) is 0.698. The molecule has 2 heteroatoms. The third kappa shape index (κ3) is 2.73. The number of allylic oxidation sites excluding steroid dienone is 1. The van der Waals surface area contributed by atoms with Crippen LogP contribution in [-0.2, 0) is 14.9 Å². The van der Waals surface area contributed by atoms with Gasteiger partial charge in [-0.05, 0) is 59.6 Å². The maximum atomic E-state index is 11.6. The Labute approximate surface area is 139 Å². The lowest BCUT2D eigenvalue weighted by atomic mass is 9.56. The molecule has 0 radical (unpaired) electrons. The van der Waals surface area contributed by atoms with Crippen molar-refractivity contribution < 1.29 is 9.53 Å². The van der Waals surface area contributed by atoms with E-state index >= 15 is 0 Å². The van der Waals surface area contributed by atoms with Crippen molar-refractivity contribution in [2.75, 3.05) is 0 Å². The Morgan fingerprint density at radius 1 is 1.39 bits per heavy atom. The van der Waals surface area contributed by atoms with Crippen LogP contribution in [0.5, 0.6) is 0 Å². The Morgan fingerprint density at radius 3 is 2.78 bits per heavy atom. The molecule has 1 unspecified atom stereocenters. The van der Waals surface area contributed by atoms with Crippen molar-refractivity contribution in [1.29, 1.82) is 0 Å². The minimum absolute atomic E-state index is 0.130. The largest absolute Gasteiger partial charge is 0.458 e. The molecule has 3 atom stereocenters. The molecule has 124 valence electrons. The van der Waals surface area contributed by atoms with Crippen molar-refractivity contribution in [3.05, 3.63) is 47.0 Å². The van der Waals surface area contributed by atoms with Crippen molar-refractivity contribution >= 4 is 5.97 Å². The van der Waals surface area contributed by atoms with Crippen LogP contribution in [0.2, 0.25) is 0 Å². The van der Waals surface area contributed by atoms with E-state index in [2.05, 4.69) is 45.5 Å². The molecule has 0 aliphatic heterocycles. The quantitative estimate of drug-likeness (QED) is 0.537. The van der Waals surface area contributed by atoms with Gasteiger partial charge in [0.2, 0.25) is 0 Å².